The summed E-state index contributed by atoms with van der Waals surface area (Å²) in [7, 11) is 0. The second kappa shape index (κ2) is 6.05. The van der Waals surface area contributed by atoms with Crippen molar-refractivity contribution in [3.63, 3.8) is 0 Å². The van der Waals surface area contributed by atoms with Crippen LogP contribution in [0.4, 0.5) is 5.69 Å². The average Bonchev–Trinajstić information content (AvgIpc) is 2.84. The van der Waals surface area contributed by atoms with Gasteiger partial charge in [0, 0.05) is 12.5 Å². The second-order valence-electron chi connectivity index (χ2n) is 4.10. The summed E-state index contributed by atoms with van der Waals surface area (Å²) in [5.74, 6) is 1.19. The molecule has 7 heteroatoms. The van der Waals surface area contributed by atoms with Crippen molar-refractivity contribution in [1.29, 1.82) is 0 Å². The van der Waals surface area contributed by atoms with E-state index < -0.39 is 0 Å². The average molecular weight is 276 g/mol. The lowest BCUT2D eigenvalue weighted by molar-refractivity contribution is 0.0949. The number of nitrogen functional groups attached to an aromatic ring is 1. The molecule has 0 radical (unpaired) electrons. The quantitative estimate of drug-likeness (QED) is 0.797. The van der Waals surface area contributed by atoms with Crippen LogP contribution < -0.4 is 15.8 Å². The number of carbonyl (C=O) groups is 1. The van der Waals surface area contributed by atoms with E-state index in [0.29, 0.717) is 35.3 Å². The number of nitrogens with two attached hydrogens (primary N) is 1. The highest BCUT2D eigenvalue weighted by molar-refractivity contribution is 5.95. The number of amides is 1. The summed E-state index contributed by atoms with van der Waals surface area (Å²) in [5.41, 5.74) is 6.69. The smallest absolute Gasteiger partial charge is 0.251 e. The molecule has 7 nitrogen and oxygen atoms in total. The van der Waals surface area contributed by atoms with Crippen molar-refractivity contribution in [3.8, 4) is 5.75 Å². The van der Waals surface area contributed by atoms with E-state index in [1.165, 1.54) is 0 Å². The minimum absolute atomic E-state index is 0.198. The number of benzene rings is 1. The molecule has 0 unspecified atom stereocenters. The Morgan fingerprint density at radius 2 is 2.30 bits per heavy atom. The molecule has 2 aromatic rings. The van der Waals surface area contributed by atoms with Gasteiger partial charge in [-0.15, -0.1) is 0 Å². The zero-order chi connectivity index (χ0) is 14.5. The van der Waals surface area contributed by atoms with E-state index in [1.54, 1.807) is 25.1 Å². The molecule has 1 aromatic heterocycles. The van der Waals surface area contributed by atoms with Crippen LogP contribution in [0.1, 0.15) is 29.0 Å². The monoisotopic (exact) mass is 276 g/mol. The number of nitrogens with zero attached hydrogens (tertiary/aromatic N) is 2. The molecule has 106 valence electrons. The molecule has 0 aliphatic heterocycles. The standard InChI is InChI=1S/C13H16N4O3/c1-3-19-11-5-4-9(6-10(11)14)13(18)15-7-12-16-8(2)20-17-12/h4-6H,3,7,14H2,1-2H3,(H,15,18). The predicted molar refractivity (Wildman–Crippen MR) is 72.2 cm³/mol. The summed E-state index contributed by atoms with van der Waals surface area (Å²) in [6.45, 7) is 4.27. The number of hydrogen-bond acceptors (Lipinski definition) is 6. The number of carbonyl (C=O) groups excluding carboxylic acids is 1. The number of hydrogen-bond donors (Lipinski definition) is 2. The van der Waals surface area contributed by atoms with E-state index in [4.69, 9.17) is 15.0 Å². The molecule has 0 saturated heterocycles. The largest absolute Gasteiger partial charge is 0.492 e. The van der Waals surface area contributed by atoms with Crippen LogP contribution in [0.2, 0.25) is 0 Å². The van der Waals surface area contributed by atoms with Crippen molar-refractivity contribution in [2.45, 2.75) is 20.4 Å². The molecule has 0 atom stereocenters. The molecule has 0 aliphatic rings. The Bertz CT molecular complexity index is 609. The molecule has 0 spiro atoms. The van der Waals surface area contributed by atoms with Crippen molar-refractivity contribution < 1.29 is 14.1 Å². The number of aryl methyl sites for hydroxylation is 1. The minimum Gasteiger partial charge on any atom is -0.492 e. The minimum atomic E-state index is -0.262. The van der Waals surface area contributed by atoms with Crippen LogP contribution in [0.15, 0.2) is 22.7 Å². The van der Waals surface area contributed by atoms with Crippen molar-refractivity contribution in [2.75, 3.05) is 12.3 Å². The van der Waals surface area contributed by atoms with Gasteiger partial charge in [0.15, 0.2) is 5.82 Å². The Labute approximate surface area is 116 Å². The number of nitrogens with one attached hydrogen (secondary N) is 1. The van der Waals surface area contributed by atoms with Gasteiger partial charge in [-0.05, 0) is 25.1 Å². The summed E-state index contributed by atoms with van der Waals surface area (Å²) in [4.78, 5) is 15.9. The maximum Gasteiger partial charge on any atom is 0.251 e. The molecule has 0 bridgehead atoms. The van der Waals surface area contributed by atoms with Gasteiger partial charge in [-0.1, -0.05) is 5.16 Å². The van der Waals surface area contributed by atoms with Crippen LogP contribution in [-0.4, -0.2) is 22.7 Å². The molecule has 3 N–H and O–H groups in total. The molecule has 0 saturated carbocycles. The van der Waals surface area contributed by atoms with Crippen LogP contribution >= 0.6 is 0 Å². The number of ether oxygens (including phenoxy) is 1. The normalized spacial score (nSPS) is 10.3. The second-order valence-corrected chi connectivity index (χ2v) is 4.10. The molecular weight excluding hydrogens is 260 g/mol. The maximum absolute atomic E-state index is 12.0. The lowest BCUT2D eigenvalue weighted by atomic mass is 10.1. The Morgan fingerprint density at radius 3 is 2.90 bits per heavy atom. The summed E-state index contributed by atoms with van der Waals surface area (Å²) in [5, 5.41) is 6.38. The number of rotatable bonds is 5. The van der Waals surface area contributed by atoms with Gasteiger partial charge in [0.25, 0.3) is 5.91 Å². The Balaban J connectivity index is 2.00. The van der Waals surface area contributed by atoms with Crippen LogP contribution in [-0.2, 0) is 6.54 Å². The highest BCUT2D eigenvalue weighted by Gasteiger charge is 2.10. The lowest BCUT2D eigenvalue weighted by Crippen LogP contribution is -2.23. The summed E-state index contributed by atoms with van der Waals surface area (Å²) in [6, 6.07) is 4.90. The topological polar surface area (TPSA) is 103 Å². The van der Waals surface area contributed by atoms with Gasteiger partial charge < -0.3 is 20.3 Å². The summed E-state index contributed by atoms with van der Waals surface area (Å²) < 4.78 is 10.1. The van der Waals surface area contributed by atoms with Crippen molar-refractivity contribution in [2.24, 2.45) is 0 Å². The van der Waals surface area contributed by atoms with Gasteiger partial charge in [0.05, 0.1) is 18.8 Å². The molecule has 1 heterocycles. The summed E-state index contributed by atoms with van der Waals surface area (Å²) in [6.07, 6.45) is 0. The fraction of sp³-hybridized carbons (Fsp3) is 0.308. The molecule has 1 aromatic carbocycles. The van der Waals surface area contributed by atoms with Gasteiger partial charge in [0.1, 0.15) is 5.75 Å². The fourth-order valence-corrected chi connectivity index (χ4v) is 1.65. The fourth-order valence-electron chi connectivity index (χ4n) is 1.65. The number of anilines is 1. The molecule has 0 fully saturated rings. The van der Waals surface area contributed by atoms with E-state index >= 15 is 0 Å². The summed E-state index contributed by atoms with van der Waals surface area (Å²) >= 11 is 0. The van der Waals surface area contributed by atoms with Gasteiger partial charge in [-0.25, -0.2) is 0 Å². The third-order valence-electron chi connectivity index (χ3n) is 2.55. The molecule has 0 aliphatic carbocycles. The van der Waals surface area contributed by atoms with E-state index in [1.807, 2.05) is 6.92 Å². The van der Waals surface area contributed by atoms with Crippen molar-refractivity contribution in [3.05, 3.63) is 35.5 Å². The number of aromatic nitrogens is 2. The zero-order valence-electron chi connectivity index (χ0n) is 11.3. The van der Waals surface area contributed by atoms with Gasteiger partial charge >= 0.3 is 0 Å². The van der Waals surface area contributed by atoms with Crippen molar-refractivity contribution >= 4 is 11.6 Å². The van der Waals surface area contributed by atoms with Gasteiger partial charge in [0.2, 0.25) is 5.89 Å². The van der Waals surface area contributed by atoms with Gasteiger partial charge in [-0.3, -0.25) is 4.79 Å². The first kappa shape index (κ1) is 13.9. The van der Waals surface area contributed by atoms with E-state index in [9.17, 15) is 4.79 Å². The third-order valence-corrected chi connectivity index (χ3v) is 2.55. The van der Waals surface area contributed by atoms with Crippen LogP contribution in [0.25, 0.3) is 0 Å². The van der Waals surface area contributed by atoms with E-state index in [-0.39, 0.29) is 12.5 Å². The first-order valence-electron chi connectivity index (χ1n) is 6.20. The SMILES string of the molecule is CCOc1ccc(C(=O)NCc2noc(C)n2)cc1N. The van der Waals surface area contributed by atoms with Crippen LogP contribution in [0.3, 0.4) is 0 Å². The first-order chi connectivity index (χ1) is 9.60. The Morgan fingerprint density at radius 1 is 1.50 bits per heavy atom. The highest BCUT2D eigenvalue weighted by atomic mass is 16.5. The zero-order valence-corrected chi connectivity index (χ0v) is 11.3. The van der Waals surface area contributed by atoms with E-state index in [2.05, 4.69) is 15.5 Å². The Hall–Kier alpha value is -2.57. The Kier molecular flexibility index (Phi) is 4.19. The molecule has 1 amide bonds. The maximum atomic E-state index is 12.0. The molecule has 2 rings (SSSR count). The predicted octanol–water partition coefficient (Wildman–Crippen LogP) is 1.29. The van der Waals surface area contributed by atoms with E-state index in [0.717, 1.165) is 0 Å². The van der Waals surface area contributed by atoms with Gasteiger partial charge in [-0.2, -0.15) is 4.98 Å². The van der Waals surface area contributed by atoms with Crippen LogP contribution in [0, 0.1) is 6.92 Å². The molecular formula is C13H16N4O3. The highest BCUT2D eigenvalue weighted by Crippen LogP contribution is 2.22. The van der Waals surface area contributed by atoms with Crippen molar-refractivity contribution in [1.82, 2.24) is 15.5 Å². The first-order valence-corrected chi connectivity index (χ1v) is 6.20. The lowest BCUT2D eigenvalue weighted by Gasteiger charge is -2.08. The van der Waals surface area contributed by atoms with Crippen LogP contribution in [0.5, 0.6) is 5.75 Å². The molecule has 20 heavy (non-hydrogen) atoms. The third kappa shape index (κ3) is 3.25.